The molecule has 0 amide bonds. The van der Waals surface area contributed by atoms with E-state index in [0.29, 0.717) is 43.5 Å². The van der Waals surface area contributed by atoms with Crippen LogP contribution >= 0.6 is 11.3 Å². The van der Waals surface area contributed by atoms with Crippen molar-refractivity contribution in [3.8, 4) is 17.1 Å². The van der Waals surface area contributed by atoms with Crippen LogP contribution in [0.3, 0.4) is 0 Å². The van der Waals surface area contributed by atoms with Crippen LogP contribution in [-0.2, 0) is 21.3 Å². The number of anilines is 2. The van der Waals surface area contributed by atoms with Crippen molar-refractivity contribution in [3.63, 3.8) is 0 Å². The van der Waals surface area contributed by atoms with Crippen LogP contribution in [0.4, 0.5) is 11.6 Å². The Hall–Kier alpha value is -2.62. The summed E-state index contributed by atoms with van der Waals surface area (Å²) < 4.78 is 38.5. The highest BCUT2D eigenvalue weighted by Gasteiger charge is 2.30. The van der Waals surface area contributed by atoms with Crippen molar-refractivity contribution in [2.45, 2.75) is 32.9 Å². The van der Waals surface area contributed by atoms with Gasteiger partial charge in [-0.2, -0.15) is 0 Å². The summed E-state index contributed by atoms with van der Waals surface area (Å²) in [7, 11) is -2.10. The Kier molecular flexibility index (Phi) is 8.69. The molecular weight excluding hydrogens is 566 g/mol. The first-order valence-corrected chi connectivity index (χ1v) is 16.4. The van der Waals surface area contributed by atoms with E-state index in [2.05, 4.69) is 45.2 Å². The molecule has 14 heteroatoms. The first-order chi connectivity index (χ1) is 19.5. The first-order valence-electron chi connectivity index (χ1n) is 13.7. The number of thiophene rings is 1. The molecule has 0 bridgehead atoms. The highest BCUT2D eigenvalue weighted by Crippen LogP contribution is 2.39. The average molecular weight is 606 g/mol. The maximum atomic E-state index is 12.1. The Morgan fingerprint density at radius 1 is 1.15 bits per heavy atom. The molecule has 0 aromatic carbocycles. The van der Waals surface area contributed by atoms with E-state index in [4.69, 9.17) is 19.4 Å². The number of rotatable bonds is 9. The Balaban J connectivity index is 1.55. The van der Waals surface area contributed by atoms with Crippen LogP contribution in [0, 0.1) is 6.92 Å². The first kappa shape index (κ1) is 29.9. The summed E-state index contributed by atoms with van der Waals surface area (Å²) in [5.41, 5.74) is 3.48. The van der Waals surface area contributed by atoms with Crippen LogP contribution in [0.1, 0.15) is 24.3 Å². The standard InChI is InChI=1S/C27H39N7O5S2/c1-18-20(16-32-6-8-34(9-7-32)27(2,3)17-35)23-24(40-18)22(29-26(30-23)33-10-12-39-13-11-33)19-14-21(31-41(5,36)37)25(38-4)28-15-19/h14-15,31,35H,6-13,16-17H2,1-5H3. The number of hydrogen-bond acceptors (Lipinski definition) is 12. The quantitative estimate of drug-likeness (QED) is 0.372. The summed E-state index contributed by atoms with van der Waals surface area (Å²) >= 11 is 1.65. The van der Waals surface area contributed by atoms with Gasteiger partial charge in [-0.25, -0.2) is 23.4 Å². The van der Waals surface area contributed by atoms with E-state index in [-0.39, 0.29) is 23.7 Å². The lowest BCUT2D eigenvalue weighted by Gasteiger charge is -2.43. The monoisotopic (exact) mass is 605 g/mol. The summed E-state index contributed by atoms with van der Waals surface area (Å²) in [5.74, 6) is 0.808. The van der Waals surface area contributed by atoms with Crippen LogP contribution in [0.15, 0.2) is 12.3 Å². The molecule has 0 atom stereocenters. The predicted octanol–water partition coefficient (Wildman–Crippen LogP) is 2.17. The van der Waals surface area contributed by atoms with Crippen LogP contribution in [-0.4, -0.2) is 116 Å². The molecule has 0 aliphatic carbocycles. The smallest absolute Gasteiger partial charge is 0.238 e. The van der Waals surface area contributed by atoms with E-state index < -0.39 is 10.0 Å². The molecule has 5 rings (SSSR count). The van der Waals surface area contributed by atoms with Crippen molar-refractivity contribution in [1.29, 1.82) is 0 Å². The number of piperazine rings is 1. The number of nitrogens with zero attached hydrogens (tertiary/aromatic N) is 6. The van der Waals surface area contributed by atoms with Gasteiger partial charge in [-0.1, -0.05) is 0 Å². The number of pyridine rings is 1. The third-order valence-electron chi connectivity index (χ3n) is 7.72. The van der Waals surface area contributed by atoms with E-state index in [0.717, 1.165) is 49.2 Å². The zero-order valence-electron chi connectivity index (χ0n) is 24.3. The van der Waals surface area contributed by atoms with Gasteiger partial charge < -0.3 is 19.5 Å². The van der Waals surface area contributed by atoms with E-state index in [1.54, 1.807) is 23.6 Å². The van der Waals surface area contributed by atoms with Crippen LogP contribution in [0.5, 0.6) is 5.88 Å². The van der Waals surface area contributed by atoms with E-state index in [1.165, 1.54) is 17.6 Å². The Labute approximate surface area is 245 Å². The molecule has 3 aromatic heterocycles. The largest absolute Gasteiger partial charge is 0.480 e. The van der Waals surface area contributed by atoms with Gasteiger partial charge in [0, 0.05) is 73.6 Å². The number of nitrogens with one attached hydrogen (secondary N) is 1. The molecule has 0 radical (unpaired) electrons. The van der Waals surface area contributed by atoms with E-state index >= 15 is 0 Å². The maximum absolute atomic E-state index is 12.1. The fourth-order valence-electron chi connectivity index (χ4n) is 5.26. The number of sulfonamides is 1. The number of hydrogen-bond donors (Lipinski definition) is 2. The summed E-state index contributed by atoms with van der Waals surface area (Å²) in [6.45, 7) is 13.3. The van der Waals surface area contributed by atoms with Gasteiger partial charge in [0.15, 0.2) is 0 Å². The van der Waals surface area contributed by atoms with Gasteiger partial charge in [0.1, 0.15) is 5.69 Å². The van der Waals surface area contributed by atoms with Crippen molar-refractivity contribution in [3.05, 3.63) is 22.7 Å². The molecule has 2 N–H and O–H groups in total. The SMILES string of the molecule is COc1ncc(-c2nc(N3CCOCC3)nc3c(CN4CCN(C(C)(C)CO)CC4)c(C)sc23)cc1NS(C)(=O)=O. The number of aliphatic hydroxyl groups excluding tert-OH is 1. The molecule has 41 heavy (non-hydrogen) atoms. The highest BCUT2D eigenvalue weighted by atomic mass is 32.2. The van der Waals surface area contributed by atoms with E-state index in [1.807, 2.05) is 0 Å². The summed E-state index contributed by atoms with van der Waals surface area (Å²) in [6, 6.07) is 1.72. The number of aliphatic hydroxyl groups is 1. The van der Waals surface area contributed by atoms with Gasteiger partial charge in [0.25, 0.3) is 0 Å². The molecule has 12 nitrogen and oxygen atoms in total. The fourth-order valence-corrected chi connectivity index (χ4v) is 6.92. The minimum Gasteiger partial charge on any atom is -0.480 e. The van der Waals surface area contributed by atoms with Gasteiger partial charge in [-0.3, -0.25) is 14.5 Å². The number of fused-ring (bicyclic) bond motifs is 1. The lowest BCUT2D eigenvalue weighted by atomic mass is 10.0. The van der Waals surface area contributed by atoms with Crippen molar-refractivity contribution in [1.82, 2.24) is 24.8 Å². The molecule has 2 fully saturated rings. The van der Waals surface area contributed by atoms with Crippen molar-refractivity contribution in [2.75, 3.05) is 82.1 Å². The minimum absolute atomic E-state index is 0.132. The van der Waals surface area contributed by atoms with Crippen LogP contribution in [0.25, 0.3) is 21.5 Å². The van der Waals surface area contributed by atoms with Gasteiger partial charge in [-0.05, 0) is 26.8 Å². The zero-order chi connectivity index (χ0) is 29.4. The average Bonchev–Trinajstić information content (AvgIpc) is 3.27. The van der Waals surface area contributed by atoms with Crippen LogP contribution < -0.4 is 14.4 Å². The molecule has 3 aromatic rings. The summed E-state index contributed by atoms with van der Waals surface area (Å²) in [6.07, 6.45) is 2.76. The summed E-state index contributed by atoms with van der Waals surface area (Å²) in [4.78, 5) is 22.6. The normalized spacial score (nSPS) is 17.8. The molecule has 2 aliphatic rings. The third kappa shape index (κ3) is 6.57. The van der Waals surface area contributed by atoms with Gasteiger partial charge >= 0.3 is 0 Å². The van der Waals surface area contributed by atoms with Crippen molar-refractivity contribution in [2.24, 2.45) is 0 Å². The Morgan fingerprint density at radius 2 is 1.85 bits per heavy atom. The van der Waals surface area contributed by atoms with E-state index in [9.17, 15) is 13.5 Å². The maximum Gasteiger partial charge on any atom is 0.238 e. The number of methoxy groups -OCH3 is 1. The summed E-state index contributed by atoms with van der Waals surface area (Å²) in [5, 5.41) is 9.80. The fraction of sp³-hybridized carbons (Fsp3) is 0.593. The second kappa shape index (κ2) is 11.9. The lowest BCUT2D eigenvalue weighted by molar-refractivity contribution is 0.0149. The van der Waals surface area contributed by atoms with Crippen LogP contribution in [0.2, 0.25) is 0 Å². The zero-order valence-corrected chi connectivity index (χ0v) is 25.9. The second-order valence-corrected chi connectivity index (χ2v) is 14.1. The molecule has 0 unspecified atom stereocenters. The van der Waals surface area contributed by atoms with Crippen molar-refractivity contribution >= 4 is 43.2 Å². The molecule has 0 saturated carbocycles. The topological polar surface area (TPSA) is 133 Å². The number of ether oxygens (including phenoxy) is 2. The number of aryl methyl sites for hydroxylation is 1. The number of aromatic nitrogens is 3. The Morgan fingerprint density at radius 3 is 2.49 bits per heavy atom. The molecule has 2 saturated heterocycles. The molecule has 0 spiro atoms. The Bertz CT molecular complexity index is 1500. The molecule has 224 valence electrons. The van der Waals surface area contributed by atoms with Gasteiger partial charge in [0.2, 0.25) is 21.9 Å². The third-order valence-corrected chi connectivity index (χ3v) is 9.46. The predicted molar refractivity (Wildman–Crippen MR) is 161 cm³/mol. The van der Waals surface area contributed by atoms with Crippen molar-refractivity contribution < 1.29 is 23.0 Å². The number of morpholine rings is 1. The lowest BCUT2D eigenvalue weighted by Crippen LogP contribution is -2.55. The molecular formula is C27H39N7O5S2. The second-order valence-electron chi connectivity index (χ2n) is 11.2. The highest BCUT2D eigenvalue weighted by molar-refractivity contribution is 7.92. The van der Waals surface area contributed by atoms with Gasteiger partial charge in [0.05, 0.1) is 49.1 Å². The molecule has 5 heterocycles. The molecule has 2 aliphatic heterocycles. The van der Waals surface area contributed by atoms with Gasteiger partial charge in [-0.15, -0.1) is 11.3 Å². The minimum atomic E-state index is -3.56.